The number of nitrogens with two attached hydrogens (primary N) is 1. The topological polar surface area (TPSA) is 130 Å². The predicted molar refractivity (Wildman–Crippen MR) is 96.1 cm³/mol. The SMILES string of the molecule is CC(NC(=O)C(C)(C)C)C(=O)Nc1nc(-c2c[nH]c(C(N)=O)c2)cs1. The molecule has 0 aliphatic carbocycles. The molecule has 0 aliphatic heterocycles. The first-order valence-corrected chi connectivity index (χ1v) is 8.52. The number of primary amides is 1. The number of anilines is 1. The fourth-order valence-electron chi connectivity index (χ4n) is 1.84. The van der Waals surface area contributed by atoms with Gasteiger partial charge in [0, 0.05) is 22.6 Å². The average Bonchev–Trinajstić information content (AvgIpc) is 3.14. The number of carbonyl (C=O) groups excluding carboxylic acids is 3. The molecule has 2 heterocycles. The minimum absolute atomic E-state index is 0.207. The second-order valence-corrected chi connectivity index (χ2v) is 7.50. The van der Waals surface area contributed by atoms with Crippen molar-refractivity contribution in [3.63, 3.8) is 0 Å². The second kappa shape index (κ2) is 7.06. The summed E-state index contributed by atoms with van der Waals surface area (Å²) in [6, 6.07) is 0.905. The van der Waals surface area contributed by atoms with Crippen LogP contribution in [0.25, 0.3) is 11.3 Å². The molecule has 134 valence electrons. The van der Waals surface area contributed by atoms with Gasteiger partial charge >= 0.3 is 0 Å². The number of aromatic amines is 1. The summed E-state index contributed by atoms with van der Waals surface area (Å²) in [4.78, 5) is 42.3. The van der Waals surface area contributed by atoms with Crippen LogP contribution in [-0.2, 0) is 9.59 Å². The zero-order valence-electron chi connectivity index (χ0n) is 14.5. The van der Waals surface area contributed by atoms with Crippen LogP contribution >= 0.6 is 11.3 Å². The molecule has 0 radical (unpaired) electrons. The molecule has 0 aliphatic rings. The Labute approximate surface area is 149 Å². The Balaban J connectivity index is 2.01. The molecule has 0 spiro atoms. The molecular formula is C16H21N5O3S. The van der Waals surface area contributed by atoms with E-state index in [2.05, 4.69) is 20.6 Å². The summed E-state index contributed by atoms with van der Waals surface area (Å²) in [7, 11) is 0. The maximum absolute atomic E-state index is 12.2. The first kappa shape index (κ1) is 18.7. The predicted octanol–water partition coefficient (Wildman–Crippen LogP) is 1.73. The zero-order valence-corrected chi connectivity index (χ0v) is 15.3. The van der Waals surface area contributed by atoms with Gasteiger partial charge in [-0.05, 0) is 13.0 Å². The number of nitrogens with one attached hydrogen (secondary N) is 3. The van der Waals surface area contributed by atoms with Crippen molar-refractivity contribution in [3.05, 3.63) is 23.3 Å². The van der Waals surface area contributed by atoms with Crippen molar-refractivity contribution in [2.45, 2.75) is 33.7 Å². The highest BCUT2D eigenvalue weighted by molar-refractivity contribution is 7.14. The summed E-state index contributed by atoms with van der Waals surface area (Å²) in [5, 5.41) is 7.49. The Hall–Kier alpha value is -2.68. The highest BCUT2D eigenvalue weighted by Crippen LogP contribution is 2.25. The standard InChI is InChI=1S/C16H21N5O3S/c1-8(19-14(24)16(2,3)4)13(23)21-15-20-11(7-25-15)9-5-10(12(17)22)18-6-9/h5-8,18H,1-4H3,(H2,17,22)(H,19,24)(H,20,21,23). The molecular weight excluding hydrogens is 342 g/mol. The van der Waals surface area contributed by atoms with Crippen molar-refractivity contribution in [2.24, 2.45) is 11.1 Å². The highest BCUT2D eigenvalue weighted by atomic mass is 32.1. The van der Waals surface area contributed by atoms with E-state index in [1.807, 2.05) is 0 Å². The van der Waals surface area contributed by atoms with Crippen LogP contribution in [0.15, 0.2) is 17.6 Å². The van der Waals surface area contributed by atoms with Crippen LogP contribution in [0.2, 0.25) is 0 Å². The molecule has 1 unspecified atom stereocenters. The summed E-state index contributed by atoms with van der Waals surface area (Å²) in [6.07, 6.45) is 1.62. The lowest BCUT2D eigenvalue weighted by molar-refractivity contribution is -0.131. The number of rotatable bonds is 5. The quantitative estimate of drug-likeness (QED) is 0.644. The number of carbonyl (C=O) groups is 3. The maximum Gasteiger partial charge on any atom is 0.265 e. The third kappa shape index (κ3) is 4.66. The van der Waals surface area contributed by atoms with Crippen LogP contribution in [0.3, 0.4) is 0 Å². The molecule has 9 heteroatoms. The third-order valence-corrected chi connectivity index (χ3v) is 4.16. The van der Waals surface area contributed by atoms with E-state index < -0.39 is 17.4 Å². The van der Waals surface area contributed by atoms with Gasteiger partial charge in [-0.1, -0.05) is 20.8 Å². The van der Waals surface area contributed by atoms with Crippen molar-refractivity contribution < 1.29 is 14.4 Å². The molecule has 0 saturated heterocycles. The summed E-state index contributed by atoms with van der Waals surface area (Å²) in [5.41, 5.74) is 6.21. The maximum atomic E-state index is 12.2. The largest absolute Gasteiger partial charge is 0.364 e. The Bertz CT molecular complexity index is 803. The highest BCUT2D eigenvalue weighted by Gasteiger charge is 2.25. The first-order chi connectivity index (χ1) is 11.6. The van der Waals surface area contributed by atoms with E-state index in [0.29, 0.717) is 16.4 Å². The number of H-pyrrole nitrogens is 1. The van der Waals surface area contributed by atoms with Crippen LogP contribution in [0.1, 0.15) is 38.2 Å². The van der Waals surface area contributed by atoms with E-state index in [1.165, 1.54) is 11.3 Å². The van der Waals surface area contributed by atoms with Gasteiger partial charge in [-0.3, -0.25) is 14.4 Å². The van der Waals surface area contributed by atoms with Crippen molar-refractivity contribution in [1.29, 1.82) is 0 Å². The molecule has 25 heavy (non-hydrogen) atoms. The Morgan fingerprint density at radius 2 is 2.00 bits per heavy atom. The molecule has 1 atom stereocenters. The minimum atomic E-state index is -0.687. The fourth-order valence-corrected chi connectivity index (χ4v) is 2.56. The van der Waals surface area contributed by atoms with Gasteiger partial charge in [0.2, 0.25) is 11.8 Å². The van der Waals surface area contributed by atoms with Gasteiger partial charge in [-0.25, -0.2) is 4.98 Å². The second-order valence-electron chi connectivity index (χ2n) is 6.64. The van der Waals surface area contributed by atoms with Gasteiger partial charge in [0.05, 0.1) is 5.69 Å². The summed E-state index contributed by atoms with van der Waals surface area (Å²) < 4.78 is 0. The van der Waals surface area contributed by atoms with E-state index in [1.54, 1.807) is 45.3 Å². The number of hydrogen-bond donors (Lipinski definition) is 4. The van der Waals surface area contributed by atoms with Crippen LogP contribution in [0.4, 0.5) is 5.13 Å². The molecule has 2 aromatic heterocycles. The first-order valence-electron chi connectivity index (χ1n) is 7.64. The summed E-state index contributed by atoms with van der Waals surface area (Å²) >= 11 is 1.25. The fraction of sp³-hybridized carbons (Fsp3) is 0.375. The van der Waals surface area contributed by atoms with Crippen LogP contribution in [-0.4, -0.2) is 33.7 Å². The normalized spacial score (nSPS) is 12.5. The van der Waals surface area contributed by atoms with Crippen molar-refractivity contribution in [1.82, 2.24) is 15.3 Å². The number of nitrogens with zero attached hydrogens (tertiary/aromatic N) is 1. The van der Waals surface area contributed by atoms with Crippen molar-refractivity contribution in [3.8, 4) is 11.3 Å². The number of amides is 3. The van der Waals surface area contributed by atoms with Gasteiger partial charge in [0.1, 0.15) is 11.7 Å². The molecule has 2 rings (SSSR count). The zero-order chi connectivity index (χ0) is 18.8. The molecule has 0 bridgehead atoms. The lowest BCUT2D eigenvalue weighted by Crippen LogP contribution is -2.46. The van der Waals surface area contributed by atoms with Crippen LogP contribution in [0.5, 0.6) is 0 Å². The van der Waals surface area contributed by atoms with Gasteiger partial charge in [-0.2, -0.15) is 0 Å². The Kier molecular flexibility index (Phi) is 5.27. The molecule has 2 aromatic rings. The van der Waals surface area contributed by atoms with Gasteiger partial charge in [0.15, 0.2) is 5.13 Å². The molecule has 8 nitrogen and oxygen atoms in total. The van der Waals surface area contributed by atoms with Gasteiger partial charge in [-0.15, -0.1) is 11.3 Å². The molecule has 5 N–H and O–H groups in total. The van der Waals surface area contributed by atoms with E-state index in [-0.39, 0.29) is 17.5 Å². The van der Waals surface area contributed by atoms with E-state index in [0.717, 1.165) is 0 Å². The van der Waals surface area contributed by atoms with Crippen LogP contribution in [0, 0.1) is 5.41 Å². The van der Waals surface area contributed by atoms with Crippen LogP contribution < -0.4 is 16.4 Å². The van der Waals surface area contributed by atoms with Gasteiger partial charge < -0.3 is 21.4 Å². The molecule has 3 amide bonds. The lowest BCUT2D eigenvalue weighted by atomic mass is 9.95. The lowest BCUT2D eigenvalue weighted by Gasteiger charge is -2.21. The minimum Gasteiger partial charge on any atom is -0.364 e. The Morgan fingerprint density at radius 3 is 2.56 bits per heavy atom. The monoisotopic (exact) mass is 363 g/mol. The average molecular weight is 363 g/mol. The van der Waals surface area contributed by atoms with Gasteiger partial charge in [0.25, 0.3) is 5.91 Å². The molecule has 0 aromatic carbocycles. The number of thiazole rings is 1. The summed E-state index contributed by atoms with van der Waals surface area (Å²) in [5.74, 6) is -1.12. The van der Waals surface area contributed by atoms with E-state index in [9.17, 15) is 14.4 Å². The molecule has 0 fully saturated rings. The van der Waals surface area contributed by atoms with E-state index in [4.69, 9.17) is 5.73 Å². The molecule has 0 saturated carbocycles. The summed E-state index contributed by atoms with van der Waals surface area (Å²) in [6.45, 7) is 6.94. The Morgan fingerprint density at radius 1 is 1.32 bits per heavy atom. The number of hydrogen-bond acceptors (Lipinski definition) is 5. The number of aromatic nitrogens is 2. The van der Waals surface area contributed by atoms with E-state index >= 15 is 0 Å². The smallest absolute Gasteiger partial charge is 0.265 e. The van der Waals surface area contributed by atoms with Crippen molar-refractivity contribution >= 4 is 34.2 Å². The van der Waals surface area contributed by atoms with Crippen molar-refractivity contribution in [2.75, 3.05) is 5.32 Å². The third-order valence-electron chi connectivity index (χ3n) is 3.40.